The highest BCUT2D eigenvalue weighted by molar-refractivity contribution is 6.35. The van der Waals surface area contributed by atoms with Gasteiger partial charge in [-0.3, -0.25) is 9.69 Å². The molecule has 0 radical (unpaired) electrons. The fourth-order valence-corrected chi connectivity index (χ4v) is 4.60. The van der Waals surface area contributed by atoms with Gasteiger partial charge in [0.2, 0.25) is 5.95 Å². The molecular weight excluding hydrogens is 508 g/mol. The number of nitrogen functional groups attached to an aromatic ring is 2. The lowest BCUT2D eigenvalue weighted by molar-refractivity contribution is -0.0139. The number of ether oxygens (including phenoxy) is 1. The van der Waals surface area contributed by atoms with Gasteiger partial charge in [-0.15, -0.1) is 0 Å². The van der Waals surface area contributed by atoms with Crippen LogP contribution in [0.3, 0.4) is 0 Å². The zero-order chi connectivity index (χ0) is 27.4. The second-order valence-electron chi connectivity index (χ2n) is 10.0. The number of nitrogens with two attached hydrogens (primary N) is 2. The number of piperazine rings is 1. The number of nitriles is 1. The number of hydrogen-bond acceptors (Lipinski definition) is 11. The minimum absolute atomic E-state index is 0.00338. The highest BCUT2D eigenvalue weighted by Crippen LogP contribution is 2.21. The summed E-state index contributed by atoms with van der Waals surface area (Å²) in [6.45, 7) is 10.8. The van der Waals surface area contributed by atoms with Gasteiger partial charge in [-0.1, -0.05) is 17.7 Å². The van der Waals surface area contributed by atoms with Gasteiger partial charge in [-0.05, 0) is 32.9 Å². The van der Waals surface area contributed by atoms with Crippen LogP contribution in [0.25, 0.3) is 10.9 Å². The Kier molecular flexibility index (Phi) is 8.20. The average molecular weight is 541 g/mol. The smallest absolute Gasteiger partial charge is 0.281 e. The lowest BCUT2D eigenvalue weighted by Gasteiger charge is -2.37. The highest BCUT2D eigenvalue weighted by atomic mass is 35.5. The van der Waals surface area contributed by atoms with Crippen LogP contribution in [0.2, 0.25) is 5.02 Å². The number of rotatable bonds is 8. The van der Waals surface area contributed by atoms with Crippen LogP contribution < -0.4 is 27.4 Å². The van der Waals surface area contributed by atoms with E-state index in [0.29, 0.717) is 54.4 Å². The molecule has 1 aliphatic rings. The van der Waals surface area contributed by atoms with Crippen molar-refractivity contribution in [2.24, 2.45) is 0 Å². The molecule has 13 heteroatoms. The van der Waals surface area contributed by atoms with E-state index in [2.05, 4.69) is 20.2 Å². The largest absolute Gasteiger partial charge is 0.382 e. The fourth-order valence-electron chi connectivity index (χ4n) is 4.35. The third-order valence-corrected chi connectivity index (χ3v) is 6.49. The second kappa shape index (κ2) is 11.4. The van der Waals surface area contributed by atoms with Gasteiger partial charge in [0, 0.05) is 45.7 Å². The normalized spacial score (nSPS) is 14.6. The van der Waals surface area contributed by atoms with E-state index in [9.17, 15) is 10.1 Å². The van der Waals surface area contributed by atoms with Crippen molar-refractivity contribution >= 4 is 40.1 Å². The van der Waals surface area contributed by atoms with Crippen molar-refractivity contribution in [1.29, 1.82) is 5.26 Å². The lowest BCUT2D eigenvalue weighted by atomic mass is 10.2. The van der Waals surface area contributed by atoms with Gasteiger partial charge >= 0.3 is 0 Å². The first kappa shape index (κ1) is 27.4. The van der Waals surface area contributed by atoms with Crippen LogP contribution in [0, 0.1) is 11.3 Å². The standard InChI is InChI=1S/C25H33ClN10O2/c1-25(2,3)38-14-13-34-9-11-35(12-10-34)36-19(31-18-6-4-5-17(26)20(18)23(36)37)7-8-30-22-16(15-27)21(28)32-24(29)33-22/h4-6H,7-14H2,1-3H3,(H5,28,29,30,32,33). The third kappa shape index (κ3) is 6.24. The van der Waals surface area contributed by atoms with Gasteiger partial charge < -0.3 is 26.5 Å². The Morgan fingerprint density at radius 1 is 1.16 bits per heavy atom. The summed E-state index contributed by atoms with van der Waals surface area (Å²) >= 11 is 6.42. The van der Waals surface area contributed by atoms with Crippen molar-refractivity contribution in [3.05, 3.63) is 45.0 Å². The number of fused-ring (bicyclic) bond motifs is 1. The molecule has 1 aromatic carbocycles. The second-order valence-corrected chi connectivity index (χ2v) is 10.4. The maximum atomic E-state index is 13.7. The monoisotopic (exact) mass is 540 g/mol. The molecule has 3 aromatic rings. The molecule has 202 valence electrons. The summed E-state index contributed by atoms with van der Waals surface area (Å²) in [5.41, 5.74) is 11.8. The first-order chi connectivity index (χ1) is 18.1. The molecule has 12 nitrogen and oxygen atoms in total. The molecule has 2 aromatic heterocycles. The van der Waals surface area contributed by atoms with Crippen molar-refractivity contribution < 1.29 is 4.74 Å². The van der Waals surface area contributed by atoms with E-state index in [0.717, 1.165) is 19.6 Å². The Labute approximate surface area is 226 Å². The molecule has 3 heterocycles. The summed E-state index contributed by atoms with van der Waals surface area (Å²) in [5, 5.41) is 15.3. The van der Waals surface area contributed by atoms with E-state index in [-0.39, 0.29) is 34.3 Å². The minimum Gasteiger partial charge on any atom is -0.382 e. The van der Waals surface area contributed by atoms with E-state index in [1.165, 1.54) is 0 Å². The Morgan fingerprint density at radius 3 is 2.58 bits per heavy atom. The molecule has 4 rings (SSSR count). The van der Waals surface area contributed by atoms with Crippen LogP contribution in [-0.2, 0) is 11.2 Å². The van der Waals surface area contributed by atoms with Crippen molar-refractivity contribution in [2.45, 2.75) is 32.8 Å². The number of benzene rings is 1. The number of hydrogen-bond donors (Lipinski definition) is 3. The summed E-state index contributed by atoms with van der Waals surface area (Å²) in [7, 11) is 0. The van der Waals surface area contributed by atoms with E-state index >= 15 is 0 Å². The van der Waals surface area contributed by atoms with Gasteiger partial charge in [0.15, 0.2) is 5.82 Å². The molecule has 38 heavy (non-hydrogen) atoms. The molecule has 0 amide bonds. The molecule has 5 N–H and O–H groups in total. The molecular formula is C25H33ClN10O2. The number of anilines is 3. The maximum absolute atomic E-state index is 13.7. The van der Waals surface area contributed by atoms with E-state index in [4.69, 9.17) is 32.8 Å². The molecule has 1 saturated heterocycles. The summed E-state index contributed by atoms with van der Waals surface area (Å²) in [6.07, 6.45) is 0.367. The first-order valence-corrected chi connectivity index (χ1v) is 12.8. The SMILES string of the molecule is CC(C)(C)OCCN1CCN(n2c(CCNc3nc(N)nc(N)c3C#N)nc3cccc(Cl)c3c2=O)CC1. The predicted octanol–water partition coefficient (Wildman–Crippen LogP) is 1.60. The van der Waals surface area contributed by atoms with Crippen LogP contribution in [-0.4, -0.2) is 76.0 Å². The van der Waals surface area contributed by atoms with Crippen LogP contribution >= 0.6 is 11.6 Å². The molecule has 0 bridgehead atoms. The van der Waals surface area contributed by atoms with Gasteiger partial charge in [0.05, 0.1) is 28.1 Å². The summed E-state index contributed by atoms with van der Waals surface area (Å²) < 4.78 is 7.50. The Morgan fingerprint density at radius 2 is 1.89 bits per heavy atom. The zero-order valence-corrected chi connectivity index (χ0v) is 22.6. The van der Waals surface area contributed by atoms with Crippen LogP contribution in [0.1, 0.15) is 32.2 Å². The van der Waals surface area contributed by atoms with Crippen molar-refractivity contribution in [1.82, 2.24) is 24.5 Å². The number of nitrogens with one attached hydrogen (secondary N) is 1. The molecule has 0 atom stereocenters. The van der Waals surface area contributed by atoms with E-state index in [1.54, 1.807) is 22.9 Å². The molecule has 0 unspecified atom stereocenters. The lowest BCUT2D eigenvalue weighted by Crippen LogP contribution is -2.55. The van der Waals surface area contributed by atoms with Crippen molar-refractivity contribution in [3.63, 3.8) is 0 Å². The van der Waals surface area contributed by atoms with Gasteiger partial charge in [-0.25, -0.2) is 9.66 Å². The zero-order valence-electron chi connectivity index (χ0n) is 21.9. The minimum atomic E-state index is -0.214. The average Bonchev–Trinajstić information content (AvgIpc) is 2.84. The predicted molar refractivity (Wildman–Crippen MR) is 149 cm³/mol. The van der Waals surface area contributed by atoms with Gasteiger partial charge in [-0.2, -0.15) is 15.2 Å². The van der Waals surface area contributed by atoms with Crippen molar-refractivity contribution in [3.8, 4) is 6.07 Å². The van der Waals surface area contributed by atoms with Crippen molar-refractivity contribution in [2.75, 3.05) is 67.7 Å². The van der Waals surface area contributed by atoms with Crippen LogP contribution in [0.5, 0.6) is 0 Å². The van der Waals surface area contributed by atoms with E-state index in [1.807, 2.05) is 31.8 Å². The molecule has 1 aliphatic heterocycles. The molecule has 0 saturated carbocycles. The first-order valence-electron chi connectivity index (χ1n) is 12.5. The summed E-state index contributed by atoms with van der Waals surface area (Å²) in [6, 6.07) is 7.23. The Bertz CT molecular complexity index is 1400. The fraction of sp³-hybridized carbons (Fsp3) is 0.480. The van der Waals surface area contributed by atoms with Gasteiger partial charge in [0.1, 0.15) is 23.3 Å². The topological polar surface area (TPSA) is 164 Å². The summed E-state index contributed by atoms with van der Waals surface area (Å²) in [4.78, 5) is 28.7. The van der Waals surface area contributed by atoms with E-state index < -0.39 is 0 Å². The molecule has 1 fully saturated rings. The number of halogens is 1. The Hall–Kier alpha value is -3.66. The molecule has 0 spiro atoms. The number of nitrogens with zero attached hydrogens (tertiary/aromatic N) is 7. The quantitative estimate of drug-likeness (QED) is 0.380. The summed E-state index contributed by atoms with van der Waals surface area (Å²) in [5.74, 6) is 0.769. The maximum Gasteiger partial charge on any atom is 0.281 e. The van der Waals surface area contributed by atoms with Crippen LogP contribution in [0.15, 0.2) is 23.0 Å². The van der Waals surface area contributed by atoms with Gasteiger partial charge in [0.25, 0.3) is 5.56 Å². The number of aromatic nitrogens is 4. The molecule has 0 aliphatic carbocycles. The Balaban J connectivity index is 1.56. The van der Waals surface area contributed by atoms with Crippen LogP contribution in [0.4, 0.5) is 17.6 Å². The highest BCUT2D eigenvalue weighted by Gasteiger charge is 2.23. The third-order valence-electron chi connectivity index (χ3n) is 6.17.